The maximum absolute atomic E-state index is 7.32. The fourth-order valence-electron chi connectivity index (χ4n) is 0.565. The van der Waals surface area contributed by atoms with E-state index in [-0.39, 0.29) is 0 Å². The number of pyridine rings is 1. The molecule has 1 aromatic rings. The number of nitriles is 1. The highest BCUT2D eigenvalue weighted by atomic mass is 14.6. The Bertz CT molecular complexity index is 227. The highest BCUT2D eigenvalue weighted by Gasteiger charge is 1.85. The molecule has 1 aromatic heterocycles. The third-order valence-electron chi connectivity index (χ3n) is 1.27. The molecule has 0 saturated carbocycles. The summed E-state index contributed by atoms with van der Waals surface area (Å²) in [5, 5.41) is 7.32. The van der Waals surface area contributed by atoms with E-state index in [0.717, 1.165) is 5.69 Å². The molecule has 0 aliphatic heterocycles. The lowest BCUT2D eigenvalue weighted by Crippen LogP contribution is -1.81. The maximum atomic E-state index is 7.32. The largest absolute Gasteiger partial charge is 0.261 e. The van der Waals surface area contributed by atoms with Crippen LogP contribution in [0.15, 0.2) is 18.3 Å². The molecule has 58 valence electrons. The van der Waals surface area contributed by atoms with Gasteiger partial charge in [-0.2, -0.15) is 5.26 Å². The molecule has 0 amide bonds. The number of aromatic nitrogens is 1. The lowest BCUT2D eigenvalue weighted by molar-refractivity contribution is 1.15. The molecule has 0 saturated heterocycles. The molecule has 0 aromatic carbocycles. The Morgan fingerprint density at radius 1 is 1.45 bits per heavy atom. The van der Waals surface area contributed by atoms with Crippen LogP contribution in [-0.4, -0.2) is 4.98 Å². The van der Waals surface area contributed by atoms with Crippen molar-refractivity contribution in [3.8, 4) is 6.07 Å². The van der Waals surface area contributed by atoms with Gasteiger partial charge in [0.15, 0.2) is 0 Å². The Balaban J connectivity index is 0.000000292. The third-order valence-corrected chi connectivity index (χ3v) is 1.27. The summed E-state index contributed by atoms with van der Waals surface area (Å²) in [5.41, 5.74) is 2.38. The Hall–Kier alpha value is -1.36. The molecule has 0 aliphatic carbocycles. The highest BCUT2D eigenvalue weighted by Crippen LogP contribution is 1.98. The summed E-state index contributed by atoms with van der Waals surface area (Å²) in [7, 11) is 0. The van der Waals surface area contributed by atoms with E-state index in [9.17, 15) is 0 Å². The predicted octanol–water partition coefficient (Wildman–Crippen LogP) is 2.23. The van der Waals surface area contributed by atoms with Crippen LogP contribution in [0.3, 0.4) is 0 Å². The normalized spacial score (nSPS) is 7.45. The molecule has 0 unspecified atom stereocenters. The molecule has 0 N–H and O–H groups in total. The summed E-state index contributed by atoms with van der Waals surface area (Å²) in [6, 6.07) is 5.75. The zero-order valence-corrected chi connectivity index (χ0v) is 7.13. The number of nitrogens with zero attached hydrogens (tertiary/aromatic N) is 2. The molecule has 2 heteroatoms. The van der Waals surface area contributed by atoms with E-state index in [1.807, 2.05) is 19.2 Å². The first-order chi connectivity index (χ1) is 5.22. The fraction of sp³-hybridized carbons (Fsp3) is 0.333. The van der Waals surface area contributed by atoms with E-state index in [0.29, 0.717) is 0 Å². The molecule has 1 rings (SSSR count). The monoisotopic (exact) mass is 148 g/mol. The summed E-state index contributed by atoms with van der Waals surface area (Å²) >= 11 is 0. The lowest BCUT2D eigenvalue weighted by Gasteiger charge is -1.92. The van der Waals surface area contributed by atoms with E-state index in [1.54, 1.807) is 6.07 Å². The van der Waals surface area contributed by atoms with Crippen LogP contribution < -0.4 is 0 Å². The molecule has 0 bridgehead atoms. The van der Waals surface area contributed by atoms with E-state index >= 15 is 0 Å². The van der Waals surface area contributed by atoms with Crippen molar-refractivity contribution in [1.82, 2.24) is 4.98 Å². The van der Waals surface area contributed by atoms with Crippen LogP contribution in [-0.2, 0) is 0 Å². The van der Waals surface area contributed by atoms with Gasteiger partial charge >= 0.3 is 0 Å². The van der Waals surface area contributed by atoms with Crippen LogP contribution in [0.2, 0.25) is 0 Å². The fourth-order valence-corrected chi connectivity index (χ4v) is 0.565. The first kappa shape index (κ1) is 9.64. The first-order valence-electron chi connectivity index (χ1n) is 3.41. The second-order valence-corrected chi connectivity index (χ2v) is 2.13. The van der Waals surface area contributed by atoms with Crippen LogP contribution >= 0.6 is 0 Å². The van der Waals surface area contributed by atoms with Crippen LogP contribution in [0, 0.1) is 25.2 Å². The van der Waals surface area contributed by atoms with Crippen LogP contribution in [0.4, 0.5) is 0 Å². The molecule has 11 heavy (non-hydrogen) atoms. The van der Waals surface area contributed by atoms with E-state index in [1.165, 1.54) is 12.5 Å². The SMILES string of the molecule is CC#N.Cc1cccnc1C. The van der Waals surface area contributed by atoms with Gasteiger partial charge < -0.3 is 0 Å². The third kappa shape index (κ3) is 4.10. The Morgan fingerprint density at radius 3 is 2.27 bits per heavy atom. The first-order valence-corrected chi connectivity index (χ1v) is 3.41. The molecular weight excluding hydrogens is 136 g/mol. The predicted molar refractivity (Wildman–Crippen MR) is 45.0 cm³/mol. The van der Waals surface area contributed by atoms with Gasteiger partial charge in [0, 0.05) is 18.8 Å². The van der Waals surface area contributed by atoms with Gasteiger partial charge in [0.25, 0.3) is 0 Å². The average Bonchev–Trinajstić information content (AvgIpc) is 1.97. The van der Waals surface area contributed by atoms with Crippen molar-refractivity contribution in [2.45, 2.75) is 20.8 Å². The van der Waals surface area contributed by atoms with Crippen LogP contribution in [0.5, 0.6) is 0 Å². The summed E-state index contributed by atoms with van der Waals surface area (Å²) in [5.74, 6) is 0. The molecule has 0 radical (unpaired) electrons. The smallest absolute Gasteiger partial charge is 0.0587 e. The van der Waals surface area contributed by atoms with Gasteiger partial charge in [-0.3, -0.25) is 4.98 Å². The topological polar surface area (TPSA) is 36.7 Å². The summed E-state index contributed by atoms with van der Waals surface area (Å²) < 4.78 is 0. The molecule has 0 atom stereocenters. The zero-order chi connectivity index (χ0) is 8.69. The standard InChI is InChI=1S/C7H9N.C2H3N/c1-6-4-3-5-8-7(6)2;1-2-3/h3-5H,1-2H3;1H3. The minimum Gasteiger partial charge on any atom is -0.261 e. The van der Waals surface area contributed by atoms with Crippen molar-refractivity contribution in [3.63, 3.8) is 0 Å². The Kier molecular flexibility index (Phi) is 4.76. The molecule has 0 aliphatic rings. The molecule has 0 fully saturated rings. The second kappa shape index (κ2) is 5.43. The van der Waals surface area contributed by atoms with E-state index < -0.39 is 0 Å². The molecule has 1 heterocycles. The van der Waals surface area contributed by atoms with Gasteiger partial charge in [0.1, 0.15) is 0 Å². The second-order valence-electron chi connectivity index (χ2n) is 2.13. The van der Waals surface area contributed by atoms with Gasteiger partial charge in [-0.25, -0.2) is 0 Å². The lowest BCUT2D eigenvalue weighted by atomic mass is 10.2. The molecule has 0 spiro atoms. The van der Waals surface area contributed by atoms with Crippen molar-refractivity contribution in [1.29, 1.82) is 5.26 Å². The quantitative estimate of drug-likeness (QED) is 0.565. The number of rotatable bonds is 0. The van der Waals surface area contributed by atoms with E-state index in [2.05, 4.69) is 18.0 Å². The highest BCUT2D eigenvalue weighted by molar-refractivity contribution is 5.15. The van der Waals surface area contributed by atoms with Crippen molar-refractivity contribution in [2.75, 3.05) is 0 Å². The minimum atomic E-state index is 1.12. The Morgan fingerprint density at radius 2 is 2.00 bits per heavy atom. The zero-order valence-electron chi connectivity index (χ0n) is 7.13. The summed E-state index contributed by atoms with van der Waals surface area (Å²) in [6.07, 6.45) is 1.81. The Labute approximate surface area is 67.5 Å². The minimum absolute atomic E-state index is 1.12. The number of hydrogen-bond donors (Lipinski definition) is 0. The van der Waals surface area contributed by atoms with Crippen molar-refractivity contribution >= 4 is 0 Å². The number of hydrogen-bond acceptors (Lipinski definition) is 2. The van der Waals surface area contributed by atoms with Gasteiger partial charge in [0.2, 0.25) is 0 Å². The molecule has 2 nitrogen and oxygen atoms in total. The summed E-state index contributed by atoms with van der Waals surface area (Å²) in [6.45, 7) is 5.50. The van der Waals surface area contributed by atoms with Crippen LogP contribution in [0.1, 0.15) is 18.2 Å². The van der Waals surface area contributed by atoms with Crippen LogP contribution in [0.25, 0.3) is 0 Å². The van der Waals surface area contributed by atoms with Gasteiger partial charge in [-0.05, 0) is 25.5 Å². The van der Waals surface area contributed by atoms with Gasteiger partial charge in [0.05, 0.1) is 6.07 Å². The van der Waals surface area contributed by atoms with E-state index in [4.69, 9.17) is 5.26 Å². The van der Waals surface area contributed by atoms with Crippen molar-refractivity contribution in [2.24, 2.45) is 0 Å². The maximum Gasteiger partial charge on any atom is 0.0587 e. The molecular formula is C9H12N2. The van der Waals surface area contributed by atoms with Crippen molar-refractivity contribution in [3.05, 3.63) is 29.6 Å². The number of aryl methyl sites for hydroxylation is 2. The van der Waals surface area contributed by atoms with Gasteiger partial charge in [-0.15, -0.1) is 0 Å². The van der Waals surface area contributed by atoms with Crippen molar-refractivity contribution < 1.29 is 0 Å². The van der Waals surface area contributed by atoms with Gasteiger partial charge in [-0.1, -0.05) is 6.07 Å². The summed E-state index contributed by atoms with van der Waals surface area (Å²) in [4.78, 5) is 4.08. The average molecular weight is 148 g/mol.